The van der Waals surface area contributed by atoms with Crippen LogP contribution in [0.3, 0.4) is 0 Å². The van der Waals surface area contributed by atoms with Gasteiger partial charge in [-0.3, -0.25) is 4.90 Å². The first-order valence-corrected chi connectivity index (χ1v) is 9.20. The monoisotopic (exact) mass is 384 g/mol. The molecule has 0 N–H and O–H groups in total. The van der Waals surface area contributed by atoms with E-state index in [1.165, 1.54) is 11.0 Å². The van der Waals surface area contributed by atoms with Gasteiger partial charge < -0.3 is 14.2 Å². The minimum absolute atomic E-state index is 0.187. The van der Waals surface area contributed by atoms with Gasteiger partial charge in [0.25, 0.3) is 0 Å². The lowest BCUT2D eigenvalue weighted by atomic mass is 10.0. The van der Waals surface area contributed by atoms with E-state index < -0.39 is 12.2 Å². The molecular weight excluding hydrogens is 363 g/mol. The average Bonchev–Trinajstić information content (AvgIpc) is 3.08. The zero-order chi connectivity index (χ0) is 19.5. The molecule has 1 amide bonds. The third-order valence-corrected chi connectivity index (χ3v) is 4.76. The molecule has 1 aromatic carbocycles. The lowest BCUT2D eigenvalue weighted by Gasteiger charge is -2.17. The molecule has 7 heteroatoms. The summed E-state index contributed by atoms with van der Waals surface area (Å²) in [4.78, 5) is 17.8. The van der Waals surface area contributed by atoms with Gasteiger partial charge in [-0.05, 0) is 48.7 Å². The van der Waals surface area contributed by atoms with Crippen molar-refractivity contribution >= 4 is 17.4 Å². The average molecular weight is 384 g/mol. The summed E-state index contributed by atoms with van der Waals surface area (Å²) in [6.45, 7) is 3.50. The highest BCUT2D eigenvalue weighted by Gasteiger charge is 2.33. The molecule has 0 saturated carbocycles. The van der Waals surface area contributed by atoms with Gasteiger partial charge in [0, 0.05) is 17.8 Å². The van der Waals surface area contributed by atoms with Crippen molar-refractivity contribution in [1.82, 2.24) is 4.98 Å². The number of pyridine rings is 1. The Morgan fingerprint density at radius 1 is 1.32 bits per heavy atom. The van der Waals surface area contributed by atoms with Crippen LogP contribution in [0.5, 0.6) is 5.88 Å². The van der Waals surface area contributed by atoms with Crippen molar-refractivity contribution in [1.29, 1.82) is 0 Å². The number of hydrogen-bond acceptors (Lipinski definition) is 5. The summed E-state index contributed by atoms with van der Waals surface area (Å²) in [6.07, 6.45) is 3.27. The number of amides is 1. The molecule has 3 heterocycles. The summed E-state index contributed by atoms with van der Waals surface area (Å²) < 4.78 is 30.9. The number of anilines is 1. The van der Waals surface area contributed by atoms with Gasteiger partial charge in [-0.1, -0.05) is 6.08 Å². The minimum atomic E-state index is -0.511. The zero-order valence-electron chi connectivity index (χ0n) is 15.6. The van der Waals surface area contributed by atoms with Crippen LogP contribution in [-0.4, -0.2) is 43.5 Å². The van der Waals surface area contributed by atoms with Gasteiger partial charge in [0.2, 0.25) is 5.88 Å². The lowest BCUT2D eigenvalue weighted by molar-refractivity contribution is 0.103. The number of aryl methyl sites for hydroxylation is 1. The van der Waals surface area contributed by atoms with Crippen molar-refractivity contribution in [2.45, 2.75) is 19.4 Å². The summed E-state index contributed by atoms with van der Waals surface area (Å²) in [6, 6.07) is 8.50. The molecule has 28 heavy (non-hydrogen) atoms. The van der Waals surface area contributed by atoms with Crippen LogP contribution in [0.15, 0.2) is 42.6 Å². The lowest BCUT2D eigenvalue weighted by Crippen LogP contribution is -2.26. The standard InChI is InChI=1S/C21H21FN2O4/c1-14-4-7-23-20(10-14)27-13-17-12-24(21(25)28-17)16-2-3-18(19(22)11-16)15-5-8-26-9-6-15/h2-5,7,10-11,17H,6,8-9,12-13H2,1H3/t17-/m1/s1. The van der Waals surface area contributed by atoms with Crippen molar-refractivity contribution in [2.24, 2.45) is 0 Å². The molecule has 146 valence electrons. The molecule has 1 atom stereocenters. The maximum absolute atomic E-state index is 14.6. The van der Waals surface area contributed by atoms with Crippen LogP contribution in [-0.2, 0) is 9.47 Å². The summed E-state index contributed by atoms with van der Waals surface area (Å²) in [5, 5.41) is 0. The Balaban J connectivity index is 1.42. The van der Waals surface area contributed by atoms with E-state index in [-0.39, 0.29) is 12.4 Å². The number of carbonyl (C=O) groups is 1. The second-order valence-corrected chi connectivity index (χ2v) is 6.82. The maximum Gasteiger partial charge on any atom is 0.414 e. The molecule has 1 fully saturated rings. The van der Waals surface area contributed by atoms with Crippen LogP contribution in [0, 0.1) is 12.7 Å². The molecule has 2 aromatic rings. The third kappa shape index (κ3) is 3.99. The van der Waals surface area contributed by atoms with Crippen LogP contribution < -0.4 is 9.64 Å². The normalized spacial score (nSPS) is 19.4. The zero-order valence-corrected chi connectivity index (χ0v) is 15.6. The Labute approximate surface area is 162 Å². The predicted octanol–water partition coefficient (Wildman–Crippen LogP) is 3.74. The fraction of sp³-hybridized carbons (Fsp3) is 0.333. The second kappa shape index (κ2) is 7.98. The Kier molecular flexibility index (Phi) is 5.25. The molecule has 4 rings (SSSR count). The molecule has 0 bridgehead atoms. The number of aromatic nitrogens is 1. The number of nitrogens with zero attached hydrogens (tertiary/aromatic N) is 2. The van der Waals surface area contributed by atoms with Gasteiger partial charge in [0.05, 0.1) is 25.4 Å². The number of carbonyl (C=O) groups excluding carboxylic acids is 1. The molecule has 0 unspecified atom stereocenters. The van der Waals surface area contributed by atoms with Crippen LogP contribution in [0.1, 0.15) is 17.5 Å². The van der Waals surface area contributed by atoms with Crippen LogP contribution >= 0.6 is 0 Å². The first-order chi connectivity index (χ1) is 13.6. The molecular formula is C21H21FN2O4. The Hall–Kier alpha value is -2.93. The summed E-state index contributed by atoms with van der Waals surface area (Å²) in [5.74, 6) is 0.122. The van der Waals surface area contributed by atoms with E-state index in [1.54, 1.807) is 18.3 Å². The van der Waals surface area contributed by atoms with Crippen molar-refractivity contribution in [3.05, 3.63) is 59.5 Å². The highest BCUT2D eigenvalue weighted by molar-refractivity contribution is 5.90. The highest BCUT2D eigenvalue weighted by atomic mass is 19.1. The van der Waals surface area contributed by atoms with Gasteiger partial charge in [-0.2, -0.15) is 0 Å². The molecule has 0 radical (unpaired) electrons. The van der Waals surface area contributed by atoms with Crippen molar-refractivity contribution in [3.8, 4) is 5.88 Å². The third-order valence-electron chi connectivity index (χ3n) is 4.76. The Bertz CT molecular complexity index is 915. The number of rotatable bonds is 5. The second-order valence-electron chi connectivity index (χ2n) is 6.82. The van der Waals surface area contributed by atoms with E-state index >= 15 is 0 Å². The minimum Gasteiger partial charge on any atom is -0.474 e. The van der Waals surface area contributed by atoms with E-state index in [0.29, 0.717) is 43.3 Å². The quantitative estimate of drug-likeness (QED) is 0.786. The van der Waals surface area contributed by atoms with Gasteiger partial charge in [0.1, 0.15) is 12.4 Å². The van der Waals surface area contributed by atoms with E-state index in [1.807, 2.05) is 25.1 Å². The van der Waals surface area contributed by atoms with Gasteiger partial charge in [-0.15, -0.1) is 0 Å². The summed E-state index contributed by atoms with van der Waals surface area (Å²) in [7, 11) is 0. The van der Waals surface area contributed by atoms with Crippen LogP contribution in [0.25, 0.3) is 5.57 Å². The molecule has 1 aromatic heterocycles. The molecule has 6 nitrogen and oxygen atoms in total. The summed E-state index contributed by atoms with van der Waals surface area (Å²) >= 11 is 0. The van der Waals surface area contributed by atoms with E-state index in [0.717, 1.165) is 11.1 Å². The van der Waals surface area contributed by atoms with Crippen molar-refractivity contribution in [2.75, 3.05) is 31.3 Å². The molecule has 0 aliphatic carbocycles. The molecule has 1 saturated heterocycles. The van der Waals surface area contributed by atoms with Crippen molar-refractivity contribution in [3.63, 3.8) is 0 Å². The summed E-state index contributed by atoms with van der Waals surface area (Å²) in [5.41, 5.74) is 2.97. The molecule has 0 spiro atoms. The van der Waals surface area contributed by atoms with Gasteiger partial charge in [0.15, 0.2) is 6.10 Å². The largest absolute Gasteiger partial charge is 0.474 e. The molecule has 2 aliphatic rings. The van der Waals surface area contributed by atoms with E-state index in [9.17, 15) is 9.18 Å². The van der Waals surface area contributed by atoms with Crippen LogP contribution in [0.2, 0.25) is 0 Å². The number of benzene rings is 1. The highest BCUT2D eigenvalue weighted by Crippen LogP contribution is 2.29. The first-order valence-electron chi connectivity index (χ1n) is 9.20. The number of cyclic esters (lactones) is 1. The Morgan fingerprint density at radius 2 is 2.21 bits per heavy atom. The van der Waals surface area contributed by atoms with E-state index in [2.05, 4.69) is 4.98 Å². The topological polar surface area (TPSA) is 60.9 Å². The first kappa shape index (κ1) is 18.4. The fourth-order valence-electron chi connectivity index (χ4n) is 3.29. The SMILES string of the molecule is Cc1ccnc(OC[C@H]2CN(c3ccc(C4=CCOCC4)c(F)c3)C(=O)O2)c1. The van der Waals surface area contributed by atoms with Gasteiger partial charge in [-0.25, -0.2) is 14.2 Å². The van der Waals surface area contributed by atoms with Gasteiger partial charge >= 0.3 is 6.09 Å². The smallest absolute Gasteiger partial charge is 0.414 e. The maximum atomic E-state index is 14.6. The number of hydrogen-bond donors (Lipinski definition) is 0. The Morgan fingerprint density at radius 3 is 2.96 bits per heavy atom. The number of ether oxygens (including phenoxy) is 3. The fourth-order valence-corrected chi connectivity index (χ4v) is 3.29. The van der Waals surface area contributed by atoms with Crippen molar-refractivity contribution < 1.29 is 23.4 Å². The predicted molar refractivity (Wildman–Crippen MR) is 102 cm³/mol. The molecule has 2 aliphatic heterocycles. The number of halogens is 1. The van der Waals surface area contributed by atoms with E-state index in [4.69, 9.17) is 14.2 Å². The van der Waals surface area contributed by atoms with Crippen LogP contribution in [0.4, 0.5) is 14.9 Å².